The van der Waals surface area contributed by atoms with Crippen LogP contribution in [-0.2, 0) is 12.8 Å². The van der Waals surface area contributed by atoms with Gasteiger partial charge in [-0.3, -0.25) is 0 Å². The average Bonchev–Trinajstić information content (AvgIpc) is 1.54. The molecule has 0 N–H and O–H groups in total. The van der Waals surface area contributed by atoms with Crippen molar-refractivity contribution in [2.75, 3.05) is 0 Å². The first-order valence-electron chi connectivity index (χ1n) is 33.4. The summed E-state index contributed by atoms with van der Waals surface area (Å²) < 4.78 is 13.2. The molecule has 0 aliphatic heterocycles. The van der Waals surface area contributed by atoms with Crippen LogP contribution in [-0.4, -0.2) is 4.57 Å². The predicted octanol–water partition coefficient (Wildman–Crippen LogP) is 27.7. The number of hydrogen-bond donors (Lipinski definition) is 0. The highest BCUT2D eigenvalue weighted by Gasteiger charge is 2.27. The molecule has 452 valence electrons. The van der Waals surface area contributed by atoms with E-state index in [1.165, 1.54) is 203 Å². The van der Waals surface area contributed by atoms with Gasteiger partial charge in [0.05, 0.1) is 11.0 Å². The SMILES string of the molecule is c1ccc(-c2cc(-c3ccccc3)cc(-n3c4cc(-c5cc(-c6cccc7c6sc6ccccc67)cc(-c6cccc7c6sc6ccccc67)c5)cc5c4c4c(cc(-c6cc(-c7cccc8c7sc7ccccc78)cc(-c7cccc8c7sc7ccccc78)c6)cc43)CC5)c2)cc1. The summed E-state index contributed by atoms with van der Waals surface area (Å²) in [6.45, 7) is 0. The minimum absolute atomic E-state index is 0.918. The number of aromatic nitrogens is 1. The Bertz CT molecular complexity index is 6030. The van der Waals surface area contributed by atoms with Crippen LogP contribution >= 0.6 is 45.3 Å². The first-order chi connectivity index (χ1) is 48.0. The zero-order chi connectivity index (χ0) is 63.4. The number of fused-ring (bicyclic) bond motifs is 12. The maximum atomic E-state index is 2.65. The van der Waals surface area contributed by atoms with Gasteiger partial charge in [0.1, 0.15) is 0 Å². The van der Waals surface area contributed by atoms with E-state index in [4.69, 9.17) is 0 Å². The van der Waals surface area contributed by atoms with Crippen molar-refractivity contribution in [3.63, 3.8) is 0 Å². The van der Waals surface area contributed by atoms with Gasteiger partial charge in [-0.25, -0.2) is 0 Å². The van der Waals surface area contributed by atoms with Gasteiger partial charge in [0.25, 0.3) is 0 Å². The lowest BCUT2D eigenvalue weighted by Crippen LogP contribution is -2.00. The van der Waals surface area contributed by atoms with E-state index in [0.717, 1.165) is 18.5 Å². The van der Waals surface area contributed by atoms with Crippen molar-refractivity contribution in [3.05, 3.63) is 321 Å². The molecule has 0 bridgehead atoms. The van der Waals surface area contributed by atoms with Gasteiger partial charge < -0.3 is 4.57 Å². The van der Waals surface area contributed by atoms with Crippen LogP contribution in [0.4, 0.5) is 0 Å². The van der Waals surface area contributed by atoms with Gasteiger partial charge in [-0.15, -0.1) is 45.3 Å². The summed E-state index contributed by atoms with van der Waals surface area (Å²) in [7, 11) is 0. The van der Waals surface area contributed by atoms with Crippen molar-refractivity contribution in [2.45, 2.75) is 12.8 Å². The Hall–Kier alpha value is -11.0. The largest absolute Gasteiger partial charge is 0.309 e. The van der Waals surface area contributed by atoms with E-state index < -0.39 is 0 Å². The highest BCUT2D eigenvalue weighted by Crippen LogP contribution is 2.51. The van der Waals surface area contributed by atoms with Crippen LogP contribution in [0.5, 0.6) is 0 Å². The van der Waals surface area contributed by atoms with Crippen LogP contribution in [0.15, 0.2) is 309 Å². The van der Waals surface area contributed by atoms with Crippen LogP contribution in [0.25, 0.3) is 197 Å². The molecule has 5 heterocycles. The van der Waals surface area contributed by atoms with E-state index in [2.05, 4.69) is 314 Å². The van der Waals surface area contributed by atoms with E-state index in [0.29, 0.717) is 0 Å². The lowest BCUT2D eigenvalue weighted by molar-refractivity contribution is 0.970. The Balaban J connectivity index is 0.842. The fourth-order valence-corrected chi connectivity index (χ4v) is 21.1. The molecule has 21 rings (SSSR count). The minimum atomic E-state index is 0.918. The topological polar surface area (TPSA) is 4.93 Å². The lowest BCUT2D eigenvalue weighted by atomic mass is 9.86. The normalized spacial score (nSPS) is 12.5. The summed E-state index contributed by atoms with van der Waals surface area (Å²) in [5.74, 6) is 0. The fourth-order valence-electron chi connectivity index (χ4n) is 16.1. The number of benzene rings is 15. The van der Waals surface area contributed by atoms with Crippen molar-refractivity contribution in [1.82, 2.24) is 4.57 Å². The molecular weight excluding hydrogens is 1250 g/mol. The van der Waals surface area contributed by atoms with Gasteiger partial charge in [0.15, 0.2) is 0 Å². The second-order valence-electron chi connectivity index (χ2n) is 26.1. The molecular formula is C92H55NS4. The summed E-state index contributed by atoms with van der Waals surface area (Å²) >= 11 is 7.63. The standard InChI is InChI=1S/C92H55NS4/c1-3-19-54(20-4-1)60-43-61(55-21-5-2-6-22-55)51-68(50-60)93-81-52-62(58-44-64(69-27-15-31-77-73-23-7-11-35-83(73)94-89(69)77)48-65(45-58)70-28-16-32-78-74-24-8-12-36-84(74)95-90(70)78)41-56-39-40-57-42-63(53-82(93)88(57)87(56)81)59-46-66(71-29-17-33-79-75-25-9-13-37-85(75)96-91(71)79)49-67(47-59)72-30-18-34-80-76-26-10-14-38-86(76)97-92(72)80/h1-38,41-53H,39-40H2. The zero-order valence-corrected chi connectivity index (χ0v) is 55.7. The van der Waals surface area contributed by atoms with Crippen LogP contribution in [0.3, 0.4) is 0 Å². The summed E-state index contributed by atoms with van der Waals surface area (Å²) in [4.78, 5) is 0. The van der Waals surface area contributed by atoms with Gasteiger partial charge in [0.2, 0.25) is 0 Å². The smallest absolute Gasteiger partial charge is 0.0550 e. The van der Waals surface area contributed by atoms with Gasteiger partial charge in [-0.05, 0) is 204 Å². The van der Waals surface area contributed by atoms with Crippen LogP contribution < -0.4 is 0 Å². The first-order valence-corrected chi connectivity index (χ1v) is 36.6. The molecule has 5 aromatic heterocycles. The average molecular weight is 1300 g/mol. The Kier molecular flexibility index (Phi) is 12.4. The van der Waals surface area contributed by atoms with E-state index in [1.807, 2.05) is 45.3 Å². The van der Waals surface area contributed by atoms with Crippen molar-refractivity contribution in [1.29, 1.82) is 0 Å². The second kappa shape index (κ2) is 21.8. The molecule has 1 aliphatic rings. The van der Waals surface area contributed by atoms with E-state index in [-0.39, 0.29) is 0 Å². The van der Waals surface area contributed by atoms with E-state index in [1.54, 1.807) is 0 Å². The highest BCUT2D eigenvalue weighted by molar-refractivity contribution is 7.27. The molecule has 0 spiro atoms. The predicted molar refractivity (Wildman–Crippen MR) is 423 cm³/mol. The summed E-state index contributed by atoms with van der Waals surface area (Å²) in [6, 6.07) is 118. The van der Waals surface area contributed by atoms with Gasteiger partial charge >= 0.3 is 0 Å². The molecule has 0 fully saturated rings. The Morgan fingerprint density at radius 2 is 0.474 bits per heavy atom. The van der Waals surface area contributed by atoms with Crippen LogP contribution in [0.2, 0.25) is 0 Å². The molecule has 20 aromatic rings. The van der Waals surface area contributed by atoms with Crippen LogP contribution in [0.1, 0.15) is 11.1 Å². The Labute approximate surface area is 575 Å². The first kappa shape index (κ1) is 55.3. The molecule has 1 aliphatic carbocycles. The van der Waals surface area contributed by atoms with E-state index >= 15 is 0 Å². The van der Waals surface area contributed by atoms with Crippen molar-refractivity contribution < 1.29 is 0 Å². The number of thiophene rings is 4. The Morgan fingerprint density at radius 1 is 0.206 bits per heavy atom. The highest BCUT2D eigenvalue weighted by atomic mass is 32.1. The molecule has 0 saturated carbocycles. The number of nitrogens with zero attached hydrogens (tertiary/aromatic N) is 1. The third-order valence-corrected chi connectivity index (χ3v) is 25.5. The minimum Gasteiger partial charge on any atom is -0.309 e. The Morgan fingerprint density at radius 3 is 0.814 bits per heavy atom. The number of hydrogen-bond acceptors (Lipinski definition) is 4. The number of rotatable bonds is 9. The molecule has 0 unspecified atom stereocenters. The van der Waals surface area contributed by atoms with Gasteiger partial charge in [-0.1, -0.05) is 218 Å². The van der Waals surface area contributed by atoms with Gasteiger partial charge in [-0.2, -0.15) is 0 Å². The summed E-state index contributed by atoms with van der Waals surface area (Å²) in [5, 5.41) is 13.2. The molecule has 97 heavy (non-hydrogen) atoms. The summed E-state index contributed by atoms with van der Waals surface area (Å²) in [5.41, 5.74) is 25.9. The maximum Gasteiger partial charge on any atom is 0.0550 e. The maximum absolute atomic E-state index is 2.65. The molecule has 0 radical (unpaired) electrons. The van der Waals surface area contributed by atoms with Crippen molar-refractivity contribution in [2.24, 2.45) is 0 Å². The monoisotopic (exact) mass is 1300 g/mol. The van der Waals surface area contributed by atoms with Gasteiger partial charge in [0, 0.05) is 97.1 Å². The molecule has 0 saturated heterocycles. The van der Waals surface area contributed by atoms with Crippen molar-refractivity contribution in [3.8, 4) is 94.7 Å². The quantitative estimate of drug-likeness (QED) is 0.136. The molecule has 0 amide bonds. The fraction of sp³-hybridized carbons (Fsp3) is 0.0217. The zero-order valence-electron chi connectivity index (χ0n) is 52.4. The molecule has 1 nitrogen and oxygen atoms in total. The number of aryl methyl sites for hydroxylation is 2. The molecule has 0 atom stereocenters. The second-order valence-corrected chi connectivity index (χ2v) is 30.3. The third kappa shape index (κ3) is 8.79. The summed E-state index contributed by atoms with van der Waals surface area (Å²) in [6.07, 6.45) is 1.84. The molecule has 5 heteroatoms. The van der Waals surface area contributed by atoms with E-state index in [9.17, 15) is 0 Å². The van der Waals surface area contributed by atoms with Crippen LogP contribution in [0, 0.1) is 0 Å². The lowest BCUT2D eigenvalue weighted by Gasteiger charge is -2.18. The third-order valence-electron chi connectivity index (χ3n) is 20.6. The van der Waals surface area contributed by atoms with Crippen molar-refractivity contribution >= 4 is 148 Å². The molecule has 15 aromatic carbocycles.